The van der Waals surface area contributed by atoms with E-state index in [1.807, 2.05) is 30.3 Å². The summed E-state index contributed by atoms with van der Waals surface area (Å²) in [4.78, 5) is 36.4. The van der Waals surface area contributed by atoms with Gasteiger partial charge in [0.15, 0.2) is 0 Å². The van der Waals surface area contributed by atoms with Crippen molar-refractivity contribution in [2.75, 3.05) is 11.9 Å². The Labute approximate surface area is 139 Å². The highest BCUT2D eigenvalue weighted by molar-refractivity contribution is 5.94. The number of hydrogen-bond acceptors (Lipinski definition) is 3. The molecule has 0 bridgehead atoms. The van der Waals surface area contributed by atoms with Gasteiger partial charge in [-0.1, -0.05) is 18.2 Å². The van der Waals surface area contributed by atoms with E-state index in [2.05, 4.69) is 10.6 Å². The molecule has 1 atom stereocenters. The first kappa shape index (κ1) is 16.0. The first-order valence-corrected chi connectivity index (χ1v) is 7.90. The zero-order valence-electron chi connectivity index (χ0n) is 13.7. The molecule has 2 aromatic rings. The Morgan fingerprint density at radius 1 is 1.25 bits per heavy atom. The molecule has 1 aromatic carbocycles. The minimum atomic E-state index is -0.313. The molecule has 1 aliphatic rings. The zero-order chi connectivity index (χ0) is 17.3. The number of aromatic nitrogens is 2. The Balaban J connectivity index is 1.88. The molecule has 1 aromatic heterocycles. The van der Waals surface area contributed by atoms with Gasteiger partial charge in [-0.2, -0.15) is 0 Å². The third-order valence-electron chi connectivity index (χ3n) is 4.44. The molecular weight excluding hydrogens is 308 g/mol. The maximum Gasteiger partial charge on any atom is 0.295 e. The molecule has 2 amide bonds. The quantitative estimate of drug-likeness (QED) is 0.880. The lowest BCUT2D eigenvalue weighted by molar-refractivity contribution is -0.126. The molecule has 0 saturated carbocycles. The van der Waals surface area contributed by atoms with Crippen LogP contribution < -0.4 is 16.2 Å². The maximum atomic E-state index is 12.7. The smallest absolute Gasteiger partial charge is 0.295 e. The number of carbonyl (C=O) groups excluding carboxylic acids is 2. The summed E-state index contributed by atoms with van der Waals surface area (Å²) in [5, 5.41) is 5.43. The van der Waals surface area contributed by atoms with Gasteiger partial charge in [-0.15, -0.1) is 0 Å². The maximum absolute atomic E-state index is 12.7. The number of carbonyl (C=O) groups is 2. The van der Waals surface area contributed by atoms with Gasteiger partial charge in [0.25, 0.3) is 5.56 Å². The van der Waals surface area contributed by atoms with E-state index in [1.165, 1.54) is 4.68 Å². The van der Waals surface area contributed by atoms with E-state index >= 15 is 0 Å². The van der Waals surface area contributed by atoms with Gasteiger partial charge in [-0.05, 0) is 25.5 Å². The second kappa shape index (κ2) is 6.35. The van der Waals surface area contributed by atoms with Crippen LogP contribution in [0.1, 0.15) is 18.5 Å². The molecule has 0 spiro atoms. The number of rotatable bonds is 3. The van der Waals surface area contributed by atoms with Gasteiger partial charge in [0.2, 0.25) is 11.8 Å². The van der Waals surface area contributed by atoms with Crippen LogP contribution in [0.2, 0.25) is 0 Å². The molecule has 1 aliphatic heterocycles. The third kappa shape index (κ3) is 2.84. The molecule has 0 aliphatic carbocycles. The lowest BCUT2D eigenvalue weighted by Gasteiger charge is -2.21. The number of benzene rings is 1. The molecule has 7 heteroatoms. The van der Waals surface area contributed by atoms with E-state index in [4.69, 9.17) is 0 Å². The summed E-state index contributed by atoms with van der Waals surface area (Å²) in [6, 6.07) is 9.26. The highest BCUT2D eigenvalue weighted by atomic mass is 16.2. The molecule has 1 fully saturated rings. The first-order chi connectivity index (χ1) is 11.5. The van der Waals surface area contributed by atoms with Crippen molar-refractivity contribution in [3.63, 3.8) is 0 Å². The van der Waals surface area contributed by atoms with Crippen LogP contribution in [-0.2, 0) is 16.6 Å². The van der Waals surface area contributed by atoms with Gasteiger partial charge in [-0.3, -0.25) is 19.1 Å². The van der Waals surface area contributed by atoms with E-state index in [-0.39, 0.29) is 29.0 Å². The number of anilines is 1. The van der Waals surface area contributed by atoms with Crippen molar-refractivity contribution in [2.45, 2.75) is 19.8 Å². The molecule has 24 heavy (non-hydrogen) atoms. The highest BCUT2D eigenvalue weighted by Crippen LogP contribution is 2.17. The molecule has 2 heterocycles. The summed E-state index contributed by atoms with van der Waals surface area (Å²) in [6.45, 7) is 2.10. The van der Waals surface area contributed by atoms with Crippen LogP contribution in [0.4, 0.5) is 5.69 Å². The predicted octanol–water partition coefficient (Wildman–Crippen LogP) is 0.949. The standard InChI is InChI=1S/C17H20N4O3/c1-11-15(19-16(23)12-8-9-14(22)18-10-12)17(24)21(20(11)2)13-6-4-3-5-7-13/h3-7,12H,8-10H2,1-2H3,(H,18,22)(H,19,23)/t12-/m0/s1. The summed E-state index contributed by atoms with van der Waals surface area (Å²) in [5.74, 6) is -0.589. The van der Waals surface area contributed by atoms with Gasteiger partial charge in [0.1, 0.15) is 5.69 Å². The van der Waals surface area contributed by atoms with Crippen molar-refractivity contribution in [2.24, 2.45) is 13.0 Å². The molecule has 1 saturated heterocycles. The summed E-state index contributed by atoms with van der Waals surface area (Å²) in [5.41, 5.74) is 1.42. The van der Waals surface area contributed by atoms with Gasteiger partial charge in [0, 0.05) is 20.0 Å². The van der Waals surface area contributed by atoms with Crippen molar-refractivity contribution in [1.82, 2.24) is 14.7 Å². The van der Waals surface area contributed by atoms with Crippen molar-refractivity contribution in [1.29, 1.82) is 0 Å². The minimum Gasteiger partial charge on any atom is -0.355 e. The fourth-order valence-electron chi connectivity index (χ4n) is 2.89. The summed E-state index contributed by atoms with van der Waals surface area (Å²) >= 11 is 0. The first-order valence-electron chi connectivity index (χ1n) is 7.90. The van der Waals surface area contributed by atoms with E-state index in [0.717, 1.165) is 5.69 Å². The third-order valence-corrected chi connectivity index (χ3v) is 4.44. The topological polar surface area (TPSA) is 85.1 Å². The largest absolute Gasteiger partial charge is 0.355 e. The van der Waals surface area contributed by atoms with Crippen LogP contribution >= 0.6 is 0 Å². The predicted molar refractivity (Wildman–Crippen MR) is 90.1 cm³/mol. The van der Waals surface area contributed by atoms with Crippen LogP contribution in [0.5, 0.6) is 0 Å². The molecule has 0 unspecified atom stereocenters. The number of para-hydroxylation sites is 1. The Hall–Kier alpha value is -2.83. The Bertz CT molecular complexity index is 826. The number of hydrogen-bond donors (Lipinski definition) is 2. The van der Waals surface area contributed by atoms with Crippen molar-refractivity contribution in [3.8, 4) is 5.69 Å². The lowest BCUT2D eigenvalue weighted by atomic mass is 9.98. The molecular formula is C17H20N4O3. The van der Waals surface area contributed by atoms with Crippen LogP contribution in [0.25, 0.3) is 5.69 Å². The van der Waals surface area contributed by atoms with Crippen molar-refractivity contribution in [3.05, 3.63) is 46.4 Å². The average Bonchev–Trinajstić information content (AvgIpc) is 2.80. The van der Waals surface area contributed by atoms with Gasteiger partial charge in [0.05, 0.1) is 17.3 Å². The Morgan fingerprint density at radius 3 is 2.58 bits per heavy atom. The SMILES string of the molecule is Cc1c(NC(=O)[C@H]2CCC(=O)NC2)c(=O)n(-c2ccccc2)n1C. The Kier molecular flexibility index (Phi) is 4.24. The van der Waals surface area contributed by atoms with Gasteiger partial charge >= 0.3 is 0 Å². The van der Waals surface area contributed by atoms with Gasteiger partial charge in [-0.25, -0.2) is 4.68 Å². The fourth-order valence-corrected chi connectivity index (χ4v) is 2.89. The summed E-state index contributed by atoms with van der Waals surface area (Å²) < 4.78 is 3.24. The van der Waals surface area contributed by atoms with E-state index in [1.54, 1.807) is 18.7 Å². The summed E-state index contributed by atoms with van der Waals surface area (Å²) in [6.07, 6.45) is 0.830. The van der Waals surface area contributed by atoms with Crippen LogP contribution in [0.15, 0.2) is 35.1 Å². The molecule has 7 nitrogen and oxygen atoms in total. The number of piperidine rings is 1. The Morgan fingerprint density at radius 2 is 1.96 bits per heavy atom. The molecule has 0 radical (unpaired) electrons. The van der Waals surface area contributed by atoms with Crippen molar-refractivity contribution < 1.29 is 9.59 Å². The van der Waals surface area contributed by atoms with E-state index in [9.17, 15) is 14.4 Å². The second-order valence-corrected chi connectivity index (χ2v) is 5.97. The van der Waals surface area contributed by atoms with Crippen LogP contribution in [-0.4, -0.2) is 27.7 Å². The fraction of sp³-hybridized carbons (Fsp3) is 0.353. The lowest BCUT2D eigenvalue weighted by Crippen LogP contribution is -2.41. The molecule has 3 rings (SSSR count). The average molecular weight is 328 g/mol. The summed E-state index contributed by atoms with van der Waals surface area (Å²) in [7, 11) is 1.78. The van der Waals surface area contributed by atoms with Crippen LogP contribution in [0, 0.1) is 12.8 Å². The molecule has 2 N–H and O–H groups in total. The normalized spacial score (nSPS) is 17.4. The molecule has 126 valence electrons. The van der Waals surface area contributed by atoms with Gasteiger partial charge < -0.3 is 10.6 Å². The number of amides is 2. The zero-order valence-corrected chi connectivity index (χ0v) is 13.7. The van der Waals surface area contributed by atoms with E-state index in [0.29, 0.717) is 25.1 Å². The van der Waals surface area contributed by atoms with Crippen molar-refractivity contribution >= 4 is 17.5 Å². The monoisotopic (exact) mass is 328 g/mol. The van der Waals surface area contributed by atoms with Crippen LogP contribution in [0.3, 0.4) is 0 Å². The number of nitrogens with one attached hydrogen (secondary N) is 2. The highest BCUT2D eigenvalue weighted by Gasteiger charge is 2.26. The minimum absolute atomic E-state index is 0.0404. The number of nitrogens with zero attached hydrogens (tertiary/aromatic N) is 2. The van der Waals surface area contributed by atoms with E-state index < -0.39 is 0 Å². The second-order valence-electron chi connectivity index (χ2n) is 5.97.